The van der Waals surface area contributed by atoms with Crippen molar-refractivity contribution in [3.8, 4) is 0 Å². The molecule has 0 amide bonds. The average molecular weight is 149 g/mol. The van der Waals surface area contributed by atoms with E-state index in [0.29, 0.717) is 5.92 Å². The van der Waals surface area contributed by atoms with Crippen molar-refractivity contribution in [2.45, 2.75) is 20.3 Å². The van der Waals surface area contributed by atoms with Crippen LogP contribution in [0.5, 0.6) is 0 Å². The van der Waals surface area contributed by atoms with Crippen molar-refractivity contribution in [1.29, 1.82) is 0 Å². The van der Waals surface area contributed by atoms with Gasteiger partial charge in [-0.3, -0.25) is 0 Å². The smallest absolute Gasteiger partial charge is 0.0365 e. The van der Waals surface area contributed by atoms with Gasteiger partial charge >= 0.3 is 0 Å². The highest BCUT2D eigenvalue weighted by molar-refractivity contribution is 5.28. The molecule has 0 aromatic carbocycles. The molecule has 0 heterocycles. The zero-order valence-electron chi connectivity index (χ0n) is 7.22. The van der Waals surface area contributed by atoms with Crippen LogP contribution in [-0.4, -0.2) is 0 Å². The summed E-state index contributed by atoms with van der Waals surface area (Å²) in [5, 5.41) is 3.11. The molecule has 0 aromatic heterocycles. The first-order valence-electron chi connectivity index (χ1n) is 3.99. The number of nitrogens with one attached hydrogen (secondary N) is 1. The van der Waals surface area contributed by atoms with E-state index in [-0.39, 0.29) is 0 Å². The van der Waals surface area contributed by atoms with Gasteiger partial charge in [-0.25, -0.2) is 0 Å². The predicted octanol–water partition coefficient (Wildman–Crippen LogP) is 2.59. The molecule has 60 valence electrons. The van der Waals surface area contributed by atoms with Crippen LogP contribution in [0.2, 0.25) is 0 Å². The summed E-state index contributed by atoms with van der Waals surface area (Å²) in [5.41, 5.74) is 2.62. The van der Waals surface area contributed by atoms with Crippen LogP contribution in [0.4, 0.5) is 0 Å². The minimum Gasteiger partial charge on any atom is -0.362 e. The van der Waals surface area contributed by atoms with E-state index in [1.54, 1.807) is 6.20 Å². The van der Waals surface area contributed by atoms with Gasteiger partial charge in [0, 0.05) is 5.70 Å². The lowest BCUT2D eigenvalue weighted by atomic mass is 9.95. The van der Waals surface area contributed by atoms with Gasteiger partial charge in [0.05, 0.1) is 0 Å². The SMILES string of the molecule is C=CNC1=C(C)C[C@H](C)C=C1. The van der Waals surface area contributed by atoms with Gasteiger partial charge < -0.3 is 5.32 Å². The van der Waals surface area contributed by atoms with Crippen LogP contribution in [-0.2, 0) is 0 Å². The van der Waals surface area contributed by atoms with Gasteiger partial charge in [0.2, 0.25) is 0 Å². The molecule has 0 aliphatic heterocycles. The van der Waals surface area contributed by atoms with Gasteiger partial charge in [0.1, 0.15) is 0 Å². The fraction of sp³-hybridized carbons (Fsp3) is 0.400. The van der Waals surface area contributed by atoms with Crippen LogP contribution in [0.1, 0.15) is 20.3 Å². The third-order valence-corrected chi connectivity index (χ3v) is 1.94. The quantitative estimate of drug-likeness (QED) is 0.636. The van der Waals surface area contributed by atoms with Gasteiger partial charge in [-0.1, -0.05) is 19.6 Å². The Hall–Kier alpha value is -0.980. The predicted molar refractivity (Wildman–Crippen MR) is 49.0 cm³/mol. The highest BCUT2D eigenvalue weighted by atomic mass is 14.8. The maximum Gasteiger partial charge on any atom is 0.0365 e. The van der Waals surface area contributed by atoms with Gasteiger partial charge in [-0.05, 0) is 37.1 Å². The summed E-state index contributed by atoms with van der Waals surface area (Å²) in [6.45, 7) is 8.01. The first kappa shape index (κ1) is 8.12. The molecule has 0 radical (unpaired) electrons. The molecule has 1 N–H and O–H groups in total. The summed E-state index contributed by atoms with van der Waals surface area (Å²) >= 11 is 0. The molecule has 0 fully saturated rings. The molecular formula is C10H15N. The lowest BCUT2D eigenvalue weighted by Crippen LogP contribution is -2.09. The van der Waals surface area contributed by atoms with Gasteiger partial charge in [-0.15, -0.1) is 0 Å². The molecule has 1 aliphatic rings. The lowest BCUT2D eigenvalue weighted by molar-refractivity contribution is 0.692. The molecule has 1 atom stereocenters. The van der Waals surface area contributed by atoms with Crippen molar-refractivity contribution in [3.63, 3.8) is 0 Å². The van der Waals surface area contributed by atoms with Gasteiger partial charge in [0.15, 0.2) is 0 Å². The largest absolute Gasteiger partial charge is 0.362 e. The maximum absolute atomic E-state index is 3.63. The standard InChI is InChI=1S/C10H15N/c1-4-11-10-6-5-8(2)7-9(10)3/h4-6,8,11H,1,7H2,2-3H3/t8-/m1/s1. The molecule has 0 saturated carbocycles. The minimum atomic E-state index is 0.686. The topological polar surface area (TPSA) is 12.0 Å². The molecule has 1 heteroatoms. The summed E-state index contributed by atoms with van der Waals surface area (Å²) in [6, 6.07) is 0. The third kappa shape index (κ3) is 1.97. The second-order valence-corrected chi connectivity index (χ2v) is 3.08. The van der Waals surface area contributed by atoms with Crippen LogP contribution >= 0.6 is 0 Å². The Morgan fingerprint density at radius 3 is 3.00 bits per heavy atom. The average Bonchev–Trinajstić information content (AvgIpc) is 1.95. The molecule has 1 rings (SSSR count). The molecule has 0 unspecified atom stereocenters. The lowest BCUT2D eigenvalue weighted by Gasteiger charge is -2.16. The number of rotatable bonds is 2. The van der Waals surface area contributed by atoms with Crippen molar-refractivity contribution in [3.05, 3.63) is 36.2 Å². The second-order valence-electron chi connectivity index (χ2n) is 3.08. The fourth-order valence-corrected chi connectivity index (χ4v) is 1.34. The number of hydrogen-bond acceptors (Lipinski definition) is 1. The zero-order valence-corrected chi connectivity index (χ0v) is 7.22. The first-order valence-corrected chi connectivity index (χ1v) is 3.99. The molecule has 11 heavy (non-hydrogen) atoms. The molecular weight excluding hydrogens is 134 g/mol. The van der Waals surface area contributed by atoms with E-state index >= 15 is 0 Å². The summed E-state index contributed by atoms with van der Waals surface area (Å²) in [6.07, 6.45) is 7.23. The van der Waals surface area contributed by atoms with E-state index in [1.807, 2.05) is 0 Å². The van der Waals surface area contributed by atoms with Crippen LogP contribution < -0.4 is 5.32 Å². The van der Waals surface area contributed by atoms with Crippen LogP contribution in [0.15, 0.2) is 36.2 Å². The summed E-state index contributed by atoms with van der Waals surface area (Å²) < 4.78 is 0. The van der Waals surface area contributed by atoms with Crippen LogP contribution in [0, 0.1) is 5.92 Å². The van der Waals surface area contributed by atoms with E-state index < -0.39 is 0 Å². The summed E-state index contributed by atoms with van der Waals surface area (Å²) in [5.74, 6) is 0.686. The van der Waals surface area contributed by atoms with E-state index in [9.17, 15) is 0 Å². The summed E-state index contributed by atoms with van der Waals surface area (Å²) in [7, 11) is 0. The monoisotopic (exact) mass is 149 g/mol. The Bertz CT molecular complexity index is 211. The van der Waals surface area contributed by atoms with E-state index in [1.165, 1.54) is 11.3 Å². The molecule has 0 bridgehead atoms. The van der Waals surface area contributed by atoms with E-state index in [0.717, 1.165) is 6.42 Å². The van der Waals surface area contributed by atoms with Crippen molar-refractivity contribution in [2.24, 2.45) is 5.92 Å². The van der Waals surface area contributed by atoms with Gasteiger partial charge in [0.25, 0.3) is 0 Å². The van der Waals surface area contributed by atoms with Gasteiger partial charge in [-0.2, -0.15) is 0 Å². The van der Waals surface area contributed by atoms with Crippen molar-refractivity contribution in [1.82, 2.24) is 5.32 Å². The van der Waals surface area contributed by atoms with Crippen molar-refractivity contribution in [2.75, 3.05) is 0 Å². The van der Waals surface area contributed by atoms with Crippen molar-refractivity contribution < 1.29 is 0 Å². The Morgan fingerprint density at radius 1 is 1.73 bits per heavy atom. The normalized spacial score (nSPS) is 23.6. The highest BCUT2D eigenvalue weighted by Crippen LogP contribution is 2.20. The summed E-state index contributed by atoms with van der Waals surface area (Å²) in [4.78, 5) is 0. The maximum atomic E-state index is 3.63. The second kappa shape index (κ2) is 3.42. The van der Waals surface area contributed by atoms with Crippen LogP contribution in [0.3, 0.4) is 0 Å². The Balaban J connectivity index is 2.71. The molecule has 1 aliphatic carbocycles. The first-order chi connectivity index (χ1) is 5.24. The number of allylic oxidation sites excluding steroid dienone is 3. The number of hydrogen-bond donors (Lipinski definition) is 1. The van der Waals surface area contributed by atoms with E-state index in [4.69, 9.17) is 0 Å². The minimum absolute atomic E-state index is 0.686. The molecule has 1 nitrogen and oxygen atoms in total. The Morgan fingerprint density at radius 2 is 2.45 bits per heavy atom. The van der Waals surface area contributed by atoms with Crippen LogP contribution in [0.25, 0.3) is 0 Å². The van der Waals surface area contributed by atoms with Crippen molar-refractivity contribution >= 4 is 0 Å². The molecule has 0 spiro atoms. The van der Waals surface area contributed by atoms with E-state index in [2.05, 4.69) is 37.9 Å². The Kier molecular flexibility index (Phi) is 2.53. The third-order valence-electron chi connectivity index (χ3n) is 1.94. The molecule has 0 saturated heterocycles. The molecule has 0 aromatic rings. The fourth-order valence-electron chi connectivity index (χ4n) is 1.34. The zero-order chi connectivity index (χ0) is 8.27. The Labute approximate surface area is 68.5 Å². The highest BCUT2D eigenvalue weighted by Gasteiger charge is 2.07.